The molecule has 0 fully saturated rings. The first-order valence-electron chi connectivity index (χ1n) is 8.86. The molecular weight excluding hydrogens is 405 g/mol. The number of nitrogens with zero attached hydrogens (tertiary/aromatic N) is 3. The molecule has 0 saturated carbocycles. The monoisotopic (exact) mass is 430 g/mol. The van der Waals surface area contributed by atoms with Gasteiger partial charge in [-0.1, -0.05) is 0 Å². The maximum atomic E-state index is 13.7. The summed E-state index contributed by atoms with van der Waals surface area (Å²) in [6.45, 7) is 8.63. The van der Waals surface area contributed by atoms with Gasteiger partial charge in [-0.2, -0.15) is 13.2 Å². The Hall–Kier alpha value is -2.20. The Labute approximate surface area is 171 Å². The second-order valence-electron chi connectivity index (χ2n) is 8.49. The number of thiazole rings is 1. The van der Waals surface area contributed by atoms with Crippen LogP contribution in [0.2, 0.25) is 0 Å². The van der Waals surface area contributed by atoms with E-state index in [0.717, 1.165) is 23.6 Å². The molecule has 10 heteroatoms. The Balaban J connectivity index is 2.39. The first kappa shape index (κ1) is 23.1. The second kappa shape index (κ2) is 7.91. The summed E-state index contributed by atoms with van der Waals surface area (Å²) in [4.78, 5) is 22.0. The number of nitrogens with one attached hydrogen (secondary N) is 1. The average molecular weight is 430 g/mol. The number of amides is 1. The molecule has 0 saturated heterocycles. The van der Waals surface area contributed by atoms with Gasteiger partial charge in [-0.05, 0) is 40.7 Å². The minimum atomic E-state index is -4.60. The summed E-state index contributed by atoms with van der Waals surface area (Å²) in [5.74, 6) is -0.366. The van der Waals surface area contributed by atoms with Gasteiger partial charge in [0.2, 0.25) is 0 Å². The minimum Gasteiger partial charge on any atom is -0.389 e. The molecule has 1 amide bonds. The number of aromatic nitrogens is 2. The van der Waals surface area contributed by atoms with Gasteiger partial charge in [0, 0.05) is 37.1 Å². The van der Waals surface area contributed by atoms with Gasteiger partial charge in [0.1, 0.15) is 5.82 Å². The van der Waals surface area contributed by atoms with Crippen LogP contribution in [0.5, 0.6) is 0 Å². The van der Waals surface area contributed by atoms with Crippen LogP contribution in [0.3, 0.4) is 0 Å². The summed E-state index contributed by atoms with van der Waals surface area (Å²) >= 11 is 0.853. The molecule has 0 radical (unpaired) electrons. The van der Waals surface area contributed by atoms with Crippen LogP contribution in [-0.2, 0) is 6.18 Å². The number of rotatable bonds is 5. The van der Waals surface area contributed by atoms with E-state index in [9.17, 15) is 23.1 Å². The molecule has 0 bridgehead atoms. The third-order valence-corrected chi connectivity index (χ3v) is 4.66. The number of hydrogen-bond acceptors (Lipinski definition) is 6. The molecule has 2 aromatic heterocycles. The van der Waals surface area contributed by atoms with Crippen LogP contribution in [0.4, 0.5) is 19.0 Å². The highest BCUT2D eigenvalue weighted by molar-refractivity contribution is 7.17. The Kier molecular flexibility index (Phi) is 6.29. The first-order valence-corrected chi connectivity index (χ1v) is 9.68. The van der Waals surface area contributed by atoms with Crippen molar-refractivity contribution in [2.45, 2.75) is 51.9 Å². The van der Waals surface area contributed by atoms with Crippen molar-refractivity contribution in [2.24, 2.45) is 0 Å². The highest BCUT2D eigenvalue weighted by Gasteiger charge is 2.35. The predicted molar refractivity (Wildman–Crippen MR) is 107 cm³/mol. The largest absolute Gasteiger partial charge is 0.417 e. The summed E-state index contributed by atoms with van der Waals surface area (Å²) in [5.41, 5.74) is -2.55. The summed E-state index contributed by atoms with van der Waals surface area (Å²) in [6.07, 6.45) is -2.23. The van der Waals surface area contributed by atoms with Crippen LogP contribution in [0.15, 0.2) is 18.5 Å². The summed E-state index contributed by atoms with van der Waals surface area (Å²) in [7, 11) is 1.50. The number of halogens is 3. The first-order chi connectivity index (χ1) is 13.1. The fourth-order valence-electron chi connectivity index (χ4n) is 2.65. The number of anilines is 1. The van der Waals surface area contributed by atoms with Crippen molar-refractivity contribution >= 4 is 23.1 Å². The summed E-state index contributed by atoms with van der Waals surface area (Å²) < 4.78 is 41.0. The third-order valence-electron chi connectivity index (χ3n) is 3.64. The van der Waals surface area contributed by atoms with E-state index in [2.05, 4.69) is 15.3 Å². The topological polar surface area (TPSA) is 78.3 Å². The highest BCUT2D eigenvalue weighted by atomic mass is 32.1. The van der Waals surface area contributed by atoms with Crippen LogP contribution in [0.1, 0.15) is 50.0 Å². The summed E-state index contributed by atoms with van der Waals surface area (Å²) in [5, 5.41) is 12.8. The zero-order valence-corrected chi connectivity index (χ0v) is 18.0. The van der Waals surface area contributed by atoms with Crippen molar-refractivity contribution in [3.63, 3.8) is 0 Å². The number of carbonyl (C=O) groups excluding carboxylic acids is 1. The van der Waals surface area contributed by atoms with Crippen molar-refractivity contribution in [2.75, 3.05) is 18.9 Å². The van der Waals surface area contributed by atoms with E-state index in [4.69, 9.17) is 0 Å². The van der Waals surface area contributed by atoms with Gasteiger partial charge in [0.15, 0.2) is 5.01 Å². The van der Waals surface area contributed by atoms with Crippen LogP contribution in [-0.4, -0.2) is 50.6 Å². The molecule has 0 spiro atoms. The average Bonchev–Trinajstić information content (AvgIpc) is 2.99. The molecule has 0 atom stereocenters. The van der Waals surface area contributed by atoms with Gasteiger partial charge in [0.05, 0.1) is 16.0 Å². The fourth-order valence-corrected chi connectivity index (χ4v) is 3.59. The van der Waals surface area contributed by atoms with E-state index in [1.54, 1.807) is 13.8 Å². The molecule has 0 aliphatic rings. The van der Waals surface area contributed by atoms with Gasteiger partial charge in [-0.15, -0.1) is 11.3 Å². The van der Waals surface area contributed by atoms with Crippen molar-refractivity contribution in [1.82, 2.24) is 14.9 Å². The molecule has 2 N–H and O–H groups in total. The molecule has 2 heterocycles. The zero-order chi connectivity index (χ0) is 22.2. The lowest BCUT2D eigenvalue weighted by molar-refractivity contribution is -0.137. The van der Waals surface area contributed by atoms with Crippen LogP contribution < -0.4 is 5.32 Å². The maximum Gasteiger partial charge on any atom is 0.417 e. The lowest BCUT2D eigenvalue weighted by Gasteiger charge is -2.24. The molecule has 2 aromatic rings. The van der Waals surface area contributed by atoms with Crippen molar-refractivity contribution < 1.29 is 23.1 Å². The molecule has 0 aliphatic heterocycles. The van der Waals surface area contributed by atoms with E-state index in [0.29, 0.717) is 0 Å². The van der Waals surface area contributed by atoms with E-state index in [1.165, 1.54) is 18.1 Å². The smallest absolute Gasteiger partial charge is 0.389 e. The summed E-state index contributed by atoms with van der Waals surface area (Å²) in [6, 6.07) is 0.961. The SMILES string of the molecule is CN(CC(C)(C)O)C(=O)c1ncc(-c2cnc(NC(C)(C)C)cc2C(F)(F)F)s1. The molecule has 6 nitrogen and oxygen atoms in total. The lowest BCUT2D eigenvalue weighted by Crippen LogP contribution is -2.39. The van der Waals surface area contributed by atoms with Crippen molar-refractivity contribution in [3.05, 3.63) is 29.0 Å². The fraction of sp³-hybridized carbons (Fsp3) is 0.526. The molecule has 2 rings (SSSR count). The molecule has 0 aliphatic carbocycles. The molecule has 160 valence electrons. The highest BCUT2D eigenvalue weighted by Crippen LogP contribution is 2.40. The number of alkyl halides is 3. The Morgan fingerprint density at radius 1 is 1.17 bits per heavy atom. The Morgan fingerprint density at radius 3 is 2.31 bits per heavy atom. The number of carbonyl (C=O) groups is 1. The lowest BCUT2D eigenvalue weighted by atomic mass is 10.1. The normalized spacial score (nSPS) is 12.8. The Morgan fingerprint density at radius 2 is 1.79 bits per heavy atom. The molecule has 0 aromatic carbocycles. The Bertz CT molecular complexity index is 883. The van der Waals surface area contributed by atoms with Crippen LogP contribution in [0.25, 0.3) is 10.4 Å². The number of likely N-dealkylation sites (N-methyl/N-ethyl adjacent to an activating group) is 1. The van der Waals surface area contributed by atoms with Gasteiger partial charge in [-0.25, -0.2) is 9.97 Å². The van der Waals surface area contributed by atoms with E-state index in [1.807, 2.05) is 20.8 Å². The van der Waals surface area contributed by atoms with E-state index < -0.39 is 28.8 Å². The van der Waals surface area contributed by atoms with Crippen molar-refractivity contribution in [3.8, 4) is 10.4 Å². The maximum absolute atomic E-state index is 13.7. The zero-order valence-electron chi connectivity index (χ0n) is 17.2. The van der Waals surface area contributed by atoms with Crippen LogP contribution in [0, 0.1) is 0 Å². The number of hydrogen-bond donors (Lipinski definition) is 2. The van der Waals surface area contributed by atoms with Crippen molar-refractivity contribution in [1.29, 1.82) is 0 Å². The van der Waals surface area contributed by atoms with Crippen LogP contribution >= 0.6 is 11.3 Å². The van der Waals surface area contributed by atoms with Gasteiger partial charge < -0.3 is 15.3 Å². The number of pyridine rings is 1. The standard InChI is InChI=1S/C19H25F3N4O2S/c1-17(2,3)25-14-7-12(19(20,21)22)11(8-23-14)13-9-24-15(29-13)16(27)26(6)10-18(4,5)28/h7-9,28H,10H2,1-6H3,(H,23,25). The van der Waals surface area contributed by atoms with E-state index in [-0.39, 0.29) is 27.8 Å². The van der Waals surface area contributed by atoms with Gasteiger partial charge in [0.25, 0.3) is 5.91 Å². The molecule has 29 heavy (non-hydrogen) atoms. The number of aliphatic hydroxyl groups is 1. The molecular formula is C19H25F3N4O2S. The van der Waals surface area contributed by atoms with Gasteiger partial charge in [-0.3, -0.25) is 4.79 Å². The molecule has 0 unspecified atom stereocenters. The third kappa shape index (κ3) is 6.40. The van der Waals surface area contributed by atoms with Gasteiger partial charge >= 0.3 is 6.18 Å². The second-order valence-corrected chi connectivity index (χ2v) is 9.52. The minimum absolute atomic E-state index is 0.0387. The quantitative estimate of drug-likeness (QED) is 0.740. The predicted octanol–water partition coefficient (Wildman–Crippen LogP) is 4.28. The van der Waals surface area contributed by atoms with E-state index >= 15 is 0 Å².